The summed E-state index contributed by atoms with van der Waals surface area (Å²) in [6, 6.07) is 3.87. The highest BCUT2D eigenvalue weighted by Crippen LogP contribution is 2.28. The van der Waals surface area contributed by atoms with Gasteiger partial charge < -0.3 is 19.0 Å². The van der Waals surface area contributed by atoms with Crippen LogP contribution < -0.4 is 9.47 Å². The third-order valence-electron chi connectivity index (χ3n) is 3.17. The molecule has 1 aromatic carbocycles. The first-order valence-corrected chi connectivity index (χ1v) is 9.24. The lowest BCUT2D eigenvalue weighted by atomic mass is 10.1. The highest BCUT2D eigenvalue weighted by atomic mass is 35.5. The van der Waals surface area contributed by atoms with E-state index >= 15 is 0 Å². The van der Waals surface area contributed by atoms with Gasteiger partial charge in [-0.1, -0.05) is 28.4 Å². The van der Waals surface area contributed by atoms with Crippen molar-refractivity contribution in [1.82, 2.24) is 0 Å². The zero-order valence-electron chi connectivity index (χ0n) is 15.8. The zero-order valence-corrected chi connectivity index (χ0v) is 17.3. The molecule has 146 valence electrons. The van der Waals surface area contributed by atoms with Crippen LogP contribution in [0.3, 0.4) is 0 Å². The largest absolute Gasteiger partial charge is 0.493 e. The quantitative estimate of drug-likeness (QED) is 0.273. The lowest BCUT2D eigenvalue weighted by molar-refractivity contribution is 0.0461. The van der Waals surface area contributed by atoms with E-state index in [9.17, 15) is 0 Å². The third kappa shape index (κ3) is 9.90. The minimum Gasteiger partial charge on any atom is -0.493 e. The van der Waals surface area contributed by atoms with Crippen LogP contribution in [0.5, 0.6) is 11.5 Å². The van der Waals surface area contributed by atoms with Crippen molar-refractivity contribution in [3.63, 3.8) is 0 Å². The van der Waals surface area contributed by atoms with E-state index < -0.39 is 0 Å². The highest BCUT2D eigenvalue weighted by molar-refractivity contribution is 6.55. The van der Waals surface area contributed by atoms with Crippen LogP contribution in [0.4, 0.5) is 0 Å². The Bertz CT molecular complexity index is 587. The predicted molar refractivity (Wildman–Crippen MR) is 107 cm³/mol. The Hall–Kier alpha value is -1.43. The van der Waals surface area contributed by atoms with Crippen molar-refractivity contribution in [3.8, 4) is 11.5 Å². The van der Waals surface area contributed by atoms with Crippen LogP contribution in [0.2, 0.25) is 0 Å². The Morgan fingerprint density at radius 2 is 1.69 bits per heavy atom. The molecule has 0 aliphatic heterocycles. The number of rotatable bonds is 12. The van der Waals surface area contributed by atoms with Crippen LogP contribution in [0.1, 0.15) is 31.4 Å². The van der Waals surface area contributed by atoms with Crippen LogP contribution in [-0.2, 0) is 9.57 Å². The van der Waals surface area contributed by atoms with Gasteiger partial charge in [-0.2, -0.15) is 0 Å². The van der Waals surface area contributed by atoms with Crippen molar-refractivity contribution >= 4 is 28.9 Å². The van der Waals surface area contributed by atoms with Crippen molar-refractivity contribution in [2.75, 3.05) is 33.0 Å². The molecule has 1 aromatic rings. The maximum atomic E-state index is 5.88. The summed E-state index contributed by atoms with van der Waals surface area (Å²) in [5, 5.41) is 3.84. The molecule has 5 nitrogen and oxygen atoms in total. The molecule has 0 aliphatic rings. The number of hydrogen-bond donors (Lipinski definition) is 0. The van der Waals surface area contributed by atoms with Gasteiger partial charge in [-0.3, -0.25) is 0 Å². The zero-order chi connectivity index (χ0) is 19.4. The lowest BCUT2D eigenvalue weighted by Gasteiger charge is -2.14. The molecule has 0 heterocycles. The van der Waals surface area contributed by atoms with E-state index in [1.807, 2.05) is 39.8 Å². The molecule has 0 bridgehead atoms. The van der Waals surface area contributed by atoms with Crippen LogP contribution in [0.25, 0.3) is 0 Å². The molecule has 1 rings (SSSR count). The van der Waals surface area contributed by atoms with Crippen molar-refractivity contribution in [1.29, 1.82) is 0 Å². The first kappa shape index (κ1) is 22.6. The first-order valence-electron chi connectivity index (χ1n) is 8.49. The molecule has 0 aromatic heterocycles. The topological polar surface area (TPSA) is 49.3 Å². The van der Waals surface area contributed by atoms with Crippen LogP contribution in [0, 0.1) is 13.8 Å². The summed E-state index contributed by atoms with van der Waals surface area (Å²) in [4.78, 5) is 5.06. The summed E-state index contributed by atoms with van der Waals surface area (Å²) in [5.74, 6) is 1.63. The second-order valence-corrected chi connectivity index (χ2v) is 6.88. The van der Waals surface area contributed by atoms with Crippen molar-refractivity contribution < 1.29 is 19.0 Å². The molecule has 0 saturated heterocycles. The van der Waals surface area contributed by atoms with E-state index in [1.54, 1.807) is 6.08 Å². The minimum absolute atomic E-state index is 0.195. The maximum Gasteiger partial charge on any atom is 0.140 e. The molecule has 7 heteroatoms. The van der Waals surface area contributed by atoms with Crippen molar-refractivity contribution in [3.05, 3.63) is 33.8 Å². The molecule has 0 atom stereocenters. The van der Waals surface area contributed by atoms with Gasteiger partial charge in [0.15, 0.2) is 0 Å². The van der Waals surface area contributed by atoms with Gasteiger partial charge in [0.25, 0.3) is 0 Å². The molecule has 26 heavy (non-hydrogen) atoms. The van der Waals surface area contributed by atoms with E-state index in [1.165, 1.54) is 0 Å². The molecule has 0 aliphatic carbocycles. The Labute approximate surface area is 165 Å². The van der Waals surface area contributed by atoms with Gasteiger partial charge in [-0.15, -0.1) is 0 Å². The summed E-state index contributed by atoms with van der Waals surface area (Å²) >= 11 is 11.1. The van der Waals surface area contributed by atoms with E-state index in [0.29, 0.717) is 33.0 Å². The standard InChI is InChI=1S/C19H27Cl2NO4/c1-14(2)22-26-11-10-23-7-5-8-25-19-15(3)12-17(13-16(19)4)24-9-6-18(20)21/h6,12-13H,5,7-11H2,1-4H3. The lowest BCUT2D eigenvalue weighted by Crippen LogP contribution is -2.08. The summed E-state index contributed by atoms with van der Waals surface area (Å²) in [7, 11) is 0. The van der Waals surface area contributed by atoms with Crippen molar-refractivity contribution in [2.24, 2.45) is 5.16 Å². The van der Waals surface area contributed by atoms with E-state index in [4.69, 9.17) is 42.3 Å². The van der Waals surface area contributed by atoms with Crippen LogP contribution in [0.15, 0.2) is 27.9 Å². The molecular weight excluding hydrogens is 377 g/mol. The Morgan fingerprint density at radius 3 is 2.31 bits per heavy atom. The fourth-order valence-corrected chi connectivity index (χ4v) is 2.26. The number of aryl methyl sites for hydroxylation is 2. The second kappa shape index (κ2) is 12.8. The summed E-state index contributed by atoms with van der Waals surface area (Å²) in [5.41, 5.74) is 2.92. The maximum absolute atomic E-state index is 5.88. The third-order valence-corrected chi connectivity index (χ3v) is 3.48. The van der Waals surface area contributed by atoms with Gasteiger partial charge >= 0.3 is 0 Å². The Morgan fingerprint density at radius 1 is 1.00 bits per heavy atom. The normalized spacial score (nSPS) is 10.2. The van der Waals surface area contributed by atoms with Crippen molar-refractivity contribution in [2.45, 2.75) is 34.1 Å². The monoisotopic (exact) mass is 403 g/mol. The summed E-state index contributed by atoms with van der Waals surface area (Å²) in [6.45, 7) is 10.2. The molecule has 0 spiro atoms. The molecule has 0 amide bonds. The second-order valence-electron chi connectivity index (χ2n) is 5.88. The van der Waals surface area contributed by atoms with Gasteiger partial charge in [0.1, 0.15) is 29.2 Å². The summed E-state index contributed by atoms with van der Waals surface area (Å²) < 4.78 is 17.1. The van der Waals surface area contributed by atoms with Gasteiger partial charge in [0.2, 0.25) is 0 Å². The van der Waals surface area contributed by atoms with Gasteiger partial charge in [-0.25, -0.2) is 0 Å². The fourth-order valence-electron chi connectivity index (χ4n) is 2.13. The smallest absolute Gasteiger partial charge is 0.140 e. The average molecular weight is 404 g/mol. The average Bonchev–Trinajstić information content (AvgIpc) is 2.54. The molecule has 0 N–H and O–H groups in total. The number of ether oxygens (including phenoxy) is 3. The molecule has 0 radical (unpaired) electrons. The van der Waals surface area contributed by atoms with E-state index in [0.717, 1.165) is 34.8 Å². The number of halogens is 2. The van der Waals surface area contributed by atoms with E-state index in [2.05, 4.69) is 5.16 Å². The fraction of sp³-hybridized carbons (Fsp3) is 0.526. The van der Waals surface area contributed by atoms with Crippen LogP contribution >= 0.6 is 23.2 Å². The SMILES string of the molecule is CC(C)=NOCCOCCCOc1c(C)cc(OCC=C(Cl)Cl)cc1C. The van der Waals surface area contributed by atoms with Crippen LogP contribution in [-0.4, -0.2) is 38.7 Å². The minimum atomic E-state index is 0.195. The highest BCUT2D eigenvalue weighted by Gasteiger charge is 2.07. The predicted octanol–water partition coefficient (Wildman–Crippen LogP) is 5.20. The number of nitrogens with zero attached hydrogens (tertiary/aromatic N) is 1. The van der Waals surface area contributed by atoms with Gasteiger partial charge in [-0.05, 0) is 57.0 Å². The molecule has 0 fully saturated rings. The summed E-state index contributed by atoms with van der Waals surface area (Å²) in [6.07, 6.45) is 2.39. The number of oxime groups is 1. The first-order chi connectivity index (χ1) is 12.4. The number of benzene rings is 1. The molecular formula is C19H27Cl2NO4. The van der Waals surface area contributed by atoms with Gasteiger partial charge in [0, 0.05) is 13.0 Å². The molecule has 0 unspecified atom stereocenters. The molecule has 0 saturated carbocycles. The Kier molecular flexibility index (Phi) is 11.2. The number of hydrogen-bond acceptors (Lipinski definition) is 5. The van der Waals surface area contributed by atoms with Gasteiger partial charge in [0.05, 0.1) is 18.9 Å². The van der Waals surface area contributed by atoms with E-state index in [-0.39, 0.29) is 4.49 Å². The Balaban J connectivity index is 2.30.